The molecule has 1 amide bonds. The van der Waals surface area contributed by atoms with Crippen molar-refractivity contribution in [3.63, 3.8) is 0 Å². The van der Waals surface area contributed by atoms with Crippen LogP contribution in [0.25, 0.3) is 11.5 Å². The molecule has 2 aliphatic rings. The molecule has 1 saturated carbocycles. The number of pyridine rings is 1. The highest BCUT2D eigenvalue weighted by molar-refractivity contribution is 5.98. The van der Waals surface area contributed by atoms with Gasteiger partial charge in [-0.15, -0.1) is 0 Å². The normalized spacial score (nSPS) is 21.8. The van der Waals surface area contributed by atoms with E-state index in [1.807, 2.05) is 6.92 Å². The first-order chi connectivity index (χ1) is 16.2. The van der Waals surface area contributed by atoms with Crippen molar-refractivity contribution in [1.29, 1.82) is 0 Å². The van der Waals surface area contributed by atoms with Crippen molar-refractivity contribution >= 4 is 11.9 Å². The molecule has 0 spiro atoms. The molecule has 1 N–H and O–H groups in total. The summed E-state index contributed by atoms with van der Waals surface area (Å²) in [5.74, 6) is 1.83. The summed E-state index contributed by atoms with van der Waals surface area (Å²) in [7, 11) is 0. The molecule has 0 unspecified atom stereocenters. The number of aromatic nitrogens is 4. The van der Waals surface area contributed by atoms with E-state index in [0.29, 0.717) is 47.8 Å². The Kier molecular flexibility index (Phi) is 5.49. The van der Waals surface area contributed by atoms with Crippen LogP contribution in [0, 0.1) is 25.7 Å². The summed E-state index contributed by atoms with van der Waals surface area (Å²) >= 11 is 0. The highest BCUT2D eigenvalue weighted by Crippen LogP contribution is 2.47. The number of likely N-dealkylation sites (tertiary alicyclic amines) is 1. The van der Waals surface area contributed by atoms with Gasteiger partial charge in [0.05, 0.1) is 17.3 Å². The molecular formula is C23H23F3N6O2. The maximum absolute atomic E-state index is 13.7. The second kappa shape index (κ2) is 8.37. The third-order valence-electron chi connectivity index (χ3n) is 6.34. The highest BCUT2D eigenvalue weighted by atomic mass is 19.4. The van der Waals surface area contributed by atoms with Crippen LogP contribution >= 0.6 is 0 Å². The Balaban J connectivity index is 1.37. The number of halogens is 3. The first-order valence-electron chi connectivity index (χ1n) is 11.0. The zero-order valence-corrected chi connectivity index (χ0v) is 18.6. The van der Waals surface area contributed by atoms with Crippen LogP contribution in [-0.4, -0.2) is 49.9 Å². The van der Waals surface area contributed by atoms with Gasteiger partial charge in [-0.1, -0.05) is 0 Å². The van der Waals surface area contributed by atoms with Gasteiger partial charge >= 0.3 is 6.18 Å². The van der Waals surface area contributed by atoms with Gasteiger partial charge in [0.2, 0.25) is 11.8 Å². The van der Waals surface area contributed by atoms with Crippen LogP contribution in [0.15, 0.2) is 35.1 Å². The van der Waals surface area contributed by atoms with E-state index in [0.717, 1.165) is 25.2 Å². The van der Waals surface area contributed by atoms with E-state index in [2.05, 4.69) is 25.3 Å². The minimum absolute atomic E-state index is 0.0861. The molecule has 3 aromatic rings. The quantitative estimate of drug-likeness (QED) is 0.597. The number of nitrogens with zero attached hydrogens (tertiary/aromatic N) is 5. The fraction of sp³-hybridized carbons (Fsp3) is 0.435. The second-order valence-electron chi connectivity index (χ2n) is 8.90. The molecule has 8 nitrogen and oxygen atoms in total. The molecule has 0 aromatic carbocycles. The number of carbonyl (C=O) groups is 1. The molecule has 3 atom stereocenters. The molecule has 5 rings (SSSR count). The van der Waals surface area contributed by atoms with Crippen LogP contribution in [0.4, 0.5) is 19.1 Å². The monoisotopic (exact) mass is 472 g/mol. The number of hydrogen-bond acceptors (Lipinski definition) is 7. The Labute approximate surface area is 193 Å². The van der Waals surface area contributed by atoms with Crippen molar-refractivity contribution in [1.82, 2.24) is 24.8 Å². The fourth-order valence-electron chi connectivity index (χ4n) is 4.43. The van der Waals surface area contributed by atoms with Gasteiger partial charge in [0.25, 0.3) is 5.91 Å². The highest BCUT2D eigenvalue weighted by Gasteiger charge is 2.47. The standard InChI is InChI=1S/C23H23F3N6O2/c1-12-3-4-18(20-27-7-13(2)34-20)19(31-12)21(33)32-11-15-5-14(15)6-17(32)10-30-22-28-8-16(9-29-22)23(24,25)26/h3-4,7-9,14-15,17H,5-6,10-11H2,1-2H3,(H,28,29,30)/t14-,15+,17+/m1/s1. The molecule has 0 bridgehead atoms. The van der Waals surface area contributed by atoms with Gasteiger partial charge in [-0.05, 0) is 50.7 Å². The molecule has 2 fully saturated rings. The Morgan fingerprint density at radius 1 is 1.12 bits per heavy atom. The van der Waals surface area contributed by atoms with Crippen LogP contribution in [0.2, 0.25) is 0 Å². The van der Waals surface area contributed by atoms with Crippen molar-refractivity contribution in [2.75, 3.05) is 18.4 Å². The Bertz CT molecular complexity index is 1210. The molecule has 1 aliphatic carbocycles. The second-order valence-corrected chi connectivity index (χ2v) is 8.90. The van der Waals surface area contributed by atoms with Crippen LogP contribution in [0.3, 0.4) is 0 Å². The first kappa shape index (κ1) is 22.3. The predicted molar refractivity (Wildman–Crippen MR) is 116 cm³/mol. The zero-order chi connectivity index (χ0) is 24.0. The minimum atomic E-state index is -4.49. The van der Waals surface area contributed by atoms with Gasteiger partial charge in [-0.2, -0.15) is 13.2 Å². The summed E-state index contributed by atoms with van der Waals surface area (Å²) in [5, 5.41) is 2.99. The third-order valence-corrected chi connectivity index (χ3v) is 6.34. The average Bonchev–Trinajstić information content (AvgIpc) is 3.44. The van der Waals surface area contributed by atoms with E-state index in [4.69, 9.17) is 4.42 Å². The Morgan fingerprint density at radius 3 is 2.56 bits per heavy atom. The summed E-state index contributed by atoms with van der Waals surface area (Å²) in [6, 6.07) is 3.41. The lowest BCUT2D eigenvalue weighted by atomic mass is 10.0. The molecular weight excluding hydrogens is 449 g/mol. The van der Waals surface area contributed by atoms with E-state index in [9.17, 15) is 18.0 Å². The number of fused-ring (bicyclic) bond motifs is 1. The van der Waals surface area contributed by atoms with Gasteiger partial charge in [0, 0.05) is 37.2 Å². The summed E-state index contributed by atoms with van der Waals surface area (Å²) in [6.07, 6.45) is 0.448. The maximum Gasteiger partial charge on any atom is 0.419 e. The number of aryl methyl sites for hydroxylation is 2. The van der Waals surface area contributed by atoms with Crippen molar-refractivity contribution in [2.24, 2.45) is 11.8 Å². The summed E-state index contributed by atoms with van der Waals surface area (Å²) in [6.45, 7) is 4.51. The molecule has 3 aromatic heterocycles. The van der Waals surface area contributed by atoms with Gasteiger partial charge in [-0.3, -0.25) is 4.79 Å². The van der Waals surface area contributed by atoms with Crippen LogP contribution in [-0.2, 0) is 6.18 Å². The fourth-order valence-corrected chi connectivity index (χ4v) is 4.43. The lowest BCUT2D eigenvalue weighted by Gasteiger charge is -2.35. The van der Waals surface area contributed by atoms with E-state index in [1.165, 1.54) is 0 Å². The largest absolute Gasteiger partial charge is 0.441 e. The lowest BCUT2D eigenvalue weighted by Crippen LogP contribution is -2.48. The average molecular weight is 472 g/mol. The molecule has 178 valence electrons. The SMILES string of the molecule is Cc1ccc(-c2ncc(C)o2)c(C(=O)N2C[C@@H]3C[C@@H]3C[C@H]2CNc2ncc(C(F)(F)F)cn2)n1. The number of alkyl halides is 3. The van der Waals surface area contributed by atoms with E-state index >= 15 is 0 Å². The van der Waals surface area contributed by atoms with Gasteiger partial charge in [-0.25, -0.2) is 19.9 Å². The van der Waals surface area contributed by atoms with E-state index < -0.39 is 11.7 Å². The zero-order valence-electron chi connectivity index (χ0n) is 18.6. The smallest absolute Gasteiger partial charge is 0.419 e. The number of rotatable bonds is 5. The number of anilines is 1. The topological polar surface area (TPSA) is 97.0 Å². The number of amides is 1. The van der Waals surface area contributed by atoms with Crippen molar-refractivity contribution in [2.45, 2.75) is 38.9 Å². The molecule has 0 radical (unpaired) electrons. The van der Waals surface area contributed by atoms with Crippen molar-refractivity contribution in [3.05, 3.63) is 53.4 Å². The molecule has 1 aliphatic heterocycles. The summed E-state index contributed by atoms with van der Waals surface area (Å²) in [5.41, 5.74) is 0.591. The van der Waals surface area contributed by atoms with E-state index in [-0.39, 0.29) is 23.6 Å². The number of oxazole rings is 1. The van der Waals surface area contributed by atoms with Crippen molar-refractivity contribution < 1.29 is 22.4 Å². The minimum Gasteiger partial charge on any atom is -0.441 e. The van der Waals surface area contributed by atoms with Crippen LogP contribution in [0.1, 0.15) is 40.3 Å². The lowest BCUT2D eigenvalue weighted by molar-refractivity contribution is -0.138. The summed E-state index contributed by atoms with van der Waals surface area (Å²) in [4.78, 5) is 31.8. The molecule has 11 heteroatoms. The van der Waals surface area contributed by atoms with Crippen molar-refractivity contribution in [3.8, 4) is 11.5 Å². The van der Waals surface area contributed by atoms with Gasteiger partial charge < -0.3 is 14.6 Å². The molecule has 34 heavy (non-hydrogen) atoms. The summed E-state index contributed by atoms with van der Waals surface area (Å²) < 4.78 is 44.0. The Hall–Kier alpha value is -3.50. The van der Waals surface area contributed by atoms with Gasteiger partial charge in [0.1, 0.15) is 11.5 Å². The number of carbonyl (C=O) groups excluding carboxylic acids is 1. The van der Waals surface area contributed by atoms with Crippen LogP contribution < -0.4 is 5.32 Å². The number of nitrogens with one attached hydrogen (secondary N) is 1. The maximum atomic E-state index is 13.7. The first-order valence-corrected chi connectivity index (χ1v) is 11.0. The number of hydrogen-bond donors (Lipinski definition) is 1. The van der Waals surface area contributed by atoms with Crippen LogP contribution in [0.5, 0.6) is 0 Å². The number of piperidine rings is 1. The predicted octanol–water partition coefficient (Wildman–Crippen LogP) is 4.12. The molecule has 4 heterocycles. The van der Waals surface area contributed by atoms with Gasteiger partial charge in [0.15, 0.2) is 0 Å². The molecule has 1 saturated heterocycles. The Morgan fingerprint density at radius 2 is 1.88 bits per heavy atom. The third kappa shape index (κ3) is 4.46. The van der Waals surface area contributed by atoms with E-state index in [1.54, 1.807) is 30.2 Å².